The maximum Gasteiger partial charge on any atom is 0.132 e. The van der Waals surface area contributed by atoms with Gasteiger partial charge < -0.3 is 10.2 Å². The number of nitrogens with zero attached hydrogens (tertiary/aromatic N) is 2. The fourth-order valence-corrected chi connectivity index (χ4v) is 2.01. The molecule has 2 heterocycles. The van der Waals surface area contributed by atoms with Gasteiger partial charge in [-0.25, -0.2) is 4.98 Å². The van der Waals surface area contributed by atoms with E-state index in [1.807, 2.05) is 16.5 Å². The van der Waals surface area contributed by atoms with Crippen LogP contribution in [-0.2, 0) is 6.42 Å². The monoisotopic (exact) mass is 240 g/mol. The molecular formula is C14H12N2O2. The van der Waals surface area contributed by atoms with Crippen LogP contribution in [0.15, 0.2) is 48.8 Å². The van der Waals surface area contributed by atoms with Crippen molar-refractivity contribution < 1.29 is 10.2 Å². The zero-order valence-corrected chi connectivity index (χ0v) is 9.61. The standard InChI is InChI=1S/C14H12N2O2/c17-12-3-1-2-10(6-12)7-14-15-8-11-4-5-13(18)9-16(11)14/h1-6,8-9,17-18H,7H2. The van der Waals surface area contributed by atoms with Gasteiger partial charge in [0.05, 0.1) is 17.9 Å². The van der Waals surface area contributed by atoms with Gasteiger partial charge in [-0.15, -0.1) is 0 Å². The number of aromatic hydroxyl groups is 2. The summed E-state index contributed by atoms with van der Waals surface area (Å²) in [5, 5.41) is 18.9. The van der Waals surface area contributed by atoms with E-state index in [-0.39, 0.29) is 11.5 Å². The van der Waals surface area contributed by atoms with E-state index in [2.05, 4.69) is 4.98 Å². The predicted molar refractivity (Wildman–Crippen MR) is 67.8 cm³/mol. The third-order valence-electron chi connectivity index (χ3n) is 2.86. The smallest absolute Gasteiger partial charge is 0.132 e. The zero-order chi connectivity index (χ0) is 12.5. The number of benzene rings is 1. The van der Waals surface area contributed by atoms with Crippen LogP contribution in [0.4, 0.5) is 0 Å². The number of hydrogen-bond donors (Lipinski definition) is 2. The SMILES string of the molecule is Oc1cccc(Cc2ncc3ccc(O)cn23)c1. The first-order valence-electron chi connectivity index (χ1n) is 5.65. The van der Waals surface area contributed by atoms with Gasteiger partial charge in [0.1, 0.15) is 17.3 Å². The van der Waals surface area contributed by atoms with Crippen LogP contribution in [0.3, 0.4) is 0 Å². The van der Waals surface area contributed by atoms with Gasteiger partial charge in [-0.3, -0.25) is 4.40 Å². The molecule has 3 aromatic rings. The summed E-state index contributed by atoms with van der Waals surface area (Å²) in [5.41, 5.74) is 1.91. The number of fused-ring (bicyclic) bond motifs is 1. The second-order valence-electron chi connectivity index (χ2n) is 4.20. The highest BCUT2D eigenvalue weighted by Gasteiger charge is 2.05. The number of phenolic OH excluding ortho intramolecular Hbond substituents is 1. The highest BCUT2D eigenvalue weighted by atomic mass is 16.3. The molecule has 0 unspecified atom stereocenters. The normalized spacial score (nSPS) is 10.9. The Labute approximate surface area is 104 Å². The van der Waals surface area contributed by atoms with Crippen LogP contribution >= 0.6 is 0 Å². The first-order chi connectivity index (χ1) is 8.72. The molecule has 18 heavy (non-hydrogen) atoms. The summed E-state index contributed by atoms with van der Waals surface area (Å²) < 4.78 is 1.85. The van der Waals surface area contributed by atoms with Crippen molar-refractivity contribution in [1.82, 2.24) is 9.38 Å². The van der Waals surface area contributed by atoms with Crippen molar-refractivity contribution in [3.8, 4) is 11.5 Å². The van der Waals surface area contributed by atoms with Crippen LogP contribution in [0.25, 0.3) is 5.52 Å². The Balaban J connectivity index is 2.02. The molecular weight excluding hydrogens is 228 g/mol. The highest BCUT2D eigenvalue weighted by molar-refractivity contribution is 5.48. The van der Waals surface area contributed by atoms with Gasteiger partial charge in [0.2, 0.25) is 0 Å². The minimum Gasteiger partial charge on any atom is -0.508 e. The quantitative estimate of drug-likeness (QED) is 0.722. The summed E-state index contributed by atoms with van der Waals surface area (Å²) in [6.45, 7) is 0. The van der Waals surface area contributed by atoms with Crippen LogP contribution in [0.5, 0.6) is 11.5 Å². The lowest BCUT2D eigenvalue weighted by Crippen LogP contribution is -1.96. The third-order valence-corrected chi connectivity index (χ3v) is 2.86. The average Bonchev–Trinajstić information content (AvgIpc) is 2.72. The molecule has 0 bridgehead atoms. The van der Waals surface area contributed by atoms with E-state index in [4.69, 9.17) is 0 Å². The molecule has 3 rings (SSSR count). The molecule has 2 N–H and O–H groups in total. The van der Waals surface area contributed by atoms with Gasteiger partial charge >= 0.3 is 0 Å². The Morgan fingerprint density at radius 1 is 1.06 bits per heavy atom. The van der Waals surface area contributed by atoms with Gasteiger partial charge in [-0.05, 0) is 29.8 Å². The lowest BCUT2D eigenvalue weighted by Gasteiger charge is -2.03. The second kappa shape index (κ2) is 4.07. The Hall–Kier alpha value is -2.49. The van der Waals surface area contributed by atoms with Crippen LogP contribution < -0.4 is 0 Å². The summed E-state index contributed by atoms with van der Waals surface area (Å²) >= 11 is 0. The van der Waals surface area contributed by atoms with Gasteiger partial charge in [-0.1, -0.05) is 12.1 Å². The first-order valence-corrected chi connectivity index (χ1v) is 5.65. The van der Waals surface area contributed by atoms with Crippen molar-refractivity contribution in [3.63, 3.8) is 0 Å². The van der Waals surface area contributed by atoms with Crippen molar-refractivity contribution in [2.45, 2.75) is 6.42 Å². The molecule has 4 heteroatoms. The third kappa shape index (κ3) is 1.88. The van der Waals surface area contributed by atoms with Crippen molar-refractivity contribution >= 4 is 5.52 Å². The topological polar surface area (TPSA) is 57.8 Å². The average molecular weight is 240 g/mol. The molecule has 0 aliphatic heterocycles. The number of pyridine rings is 1. The minimum atomic E-state index is 0.206. The fraction of sp³-hybridized carbons (Fsp3) is 0.0714. The molecule has 0 saturated carbocycles. The summed E-state index contributed by atoms with van der Waals surface area (Å²) in [7, 11) is 0. The van der Waals surface area contributed by atoms with E-state index in [9.17, 15) is 10.2 Å². The van der Waals surface area contributed by atoms with Gasteiger partial charge in [0.25, 0.3) is 0 Å². The van der Waals surface area contributed by atoms with Crippen molar-refractivity contribution in [2.24, 2.45) is 0 Å². The molecule has 2 aromatic heterocycles. The maximum absolute atomic E-state index is 9.49. The van der Waals surface area contributed by atoms with Crippen molar-refractivity contribution in [2.75, 3.05) is 0 Å². The molecule has 0 radical (unpaired) electrons. The minimum absolute atomic E-state index is 0.206. The van der Waals surface area contributed by atoms with Gasteiger partial charge in [0.15, 0.2) is 0 Å². The zero-order valence-electron chi connectivity index (χ0n) is 9.61. The largest absolute Gasteiger partial charge is 0.508 e. The molecule has 0 saturated heterocycles. The molecule has 90 valence electrons. The summed E-state index contributed by atoms with van der Waals surface area (Å²) in [6, 6.07) is 10.5. The summed E-state index contributed by atoms with van der Waals surface area (Å²) in [6.07, 6.45) is 4.00. The Bertz CT molecular complexity index is 704. The highest BCUT2D eigenvalue weighted by Crippen LogP contribution is 2.18. The van der Waals surface area contributed by atoms with E-state index >= 15 is 0 Å². The number of phenols is 1. The lowest BCUT2D eigenvalue weighted by molar-refractivity contribution is 0.471. The summed E-state index contributed by atoms with van der Waals surface area (Å²) in [5.74, 6) is 1.28. The number of aromatic nitrogens is 2. The van der Waals surface area contributed by atoms with E-state index in [1.54, 1.807) is 36.7 Å². The molecule has 4 nitrogen and oxygen atoms in total. The fourth-order valence-electron chi connectivity index (χ4n) is 2.01. The van der Waals surface area contributed by atoms with Crippen LogP contribution in [-0.4, -0.2) is 19.6 Å². The van der Waals surface area contributed by atoms with Crippen molar-refractivity contribution in [3.05, 3.63) is 60.2 Å². The Morgan fingerprint density at radius 2 is 1.94 bits per heavy atom. The summed E-state index contributed by atoms with van der Waals surface area (Å²) in [4.78, 5) is 4.33. The predicted octanol–water partition coefficient (Wildman–Crippen LogP) is 2.34. The van der Waals surface area contributed by atoms with Crippen LogP contribution in [0.1, 0.15) is 11.4 Å². The molecule has 1 aromatic carbocycles. The van der Waals surface area contributed by atoms with Crippen LogP contribution in [0.2, 0.25) is 0 Å². The van der Waals surface area contributed by atoms with Crippen LogP contribution in [0, 0.1) is 0 Å². The molecule has 0 amide bonds. The van der Waals surface area contributed by atoms with E-state index in [1.165, 1.54) is 0 Å². The van der Waals surface area contributed by atoms with Gasteiger partial charge in [-0.2, -0.15) is 0 Å². The molecule has 0 aliphatic rings. The molecule has 0 fully saturated rings. The second-order valence-corrected chi connectivity index (χ2v) is 4.20. The number of imidazole rings is 1. The molecule has 0 spiro atoms. The maximum atomic E-state index is 9.49. The molecule has 0 atom stereocenters. The van der Waals surface area contributed by atoms with Crippen molar-refractivity contribution in [1.29, 1.82) is 0 Å². The molecule has 0 aliphatic carbocycles. The first kappa shape index (κ1) is 10.7. The van der Waals surface area contributed by atoms with E-state index in [0.29, 0.717) is 6.42 Å². The number of rotatable bonds is 2. The number of hydrogen-bond acceptors (Lipinski definition) is 3. The lowest BCUT2D eigenvalue weighted by atomic mass is 10.1. The van der Waals surface area contributed by atoms with Gasteiger partial charge in [0, 0.05) is 6.42 Å². The van der Waals surface area contributed by atoms with E-state index < -0.39 is 0 Å². The Morgan fingerprint density at radius 3 is 2.78 bits per heavy atom. The Kier molecular flexibility index (Phi) is 2.41. The van der Waals surface area contributed by atoms with E-state index in [0.717, 1.165) is 16.9 Å².